The van der Waals surface area contributed by atoms with Crippen molar-refractivity contribution < 1.29 is 0 Å². The minimum Gasteiger partial charge on any atom is -0.325 e. The average molecular weight is 268 g/mol. The van der Waals surface area contributed by atoms with Gasteiger partial charge in [-0.1, -0.05) is 44.2 Å². The summed E-state index contributed by atoms with van der Waals surface area (Å²) >= 11 is 0. The molecule has 0 heterocycles. The minimum atomic E-state index is 0. The number of rotatable bonds is 2. The highest BCUT2D eigenvalue weighted by atomic mass is 35.5. The lowest BCUT2D eigenvalue weighted by molar-refractivity contribution is 0.102. The number of halogens is 1. The first-order valence-electron chi connectivity index (χ1n) is 6.71. The Kier molecular flexibility index (Phi) is 4.85. The van der Waals surface area contributed by atoms with Crippen molar-refractivity contribution in [1.82, 2.24) is 0 Å². The summed E-state index contributed by atoms with van der Waals surface area (Å²) in [7, 11) is 0. The van der Waals surface area contributed by atoms with Gasteiger partial charge in [-0.05, 0) is 49.5 Å². The Labute approximate surface area is 118 Å². The predicted molar refractivity (Wildman–Crippen MR) is 81.1 cm³/mol. The molecule has 1 aromatic carbocycles. The van der Waals surface area contributed by atoms with E-state index in [2.05, 4.69) is 51.1 Å². The number of benzene rings is 1. The fourth-order valence-electron chi connectivity index (χ4n) is 4.05. The Balaban J connectivity index is 0.00000162. The third-order valence-corrected chi connectivity index (χ3v) is 3.96. The zero-order valence-electron chi connectivity index (χ0n) is 11.8. The second kappa shape index (κ2) is 5.63. The summed E-state index contributed by atoms with van der Waals surface area (Å²) in [6.07, 6.45) is 4.76. The Morgan fingerprint density at radius 2 is 1.78 bits per heavy atom. The normalized spacial score (nSPS) is 35.9. The van der Waals surface area contributed by atoms with Gasteiger partial charge in [0.25, 0.3) is 0 Å². The lowest BCUT2D eigenvalue weighted by Crippen LogP contribution is -2.48. The molecule has 1 saturated carbocycles. The first-order valence-corrected chi connectivity index (χ1v) is 6.71. The van der Waals surface area contributed by atoms with E-state index in [0.29, 0.717) is 5.41 Å². The van der Waals surface area contributed by atoms with Crippen molar-refractivity contribution in [2.24, 2.45) is 17.1 Å². The smallest absolute Gasteiger partial charge is 0.0133 e. The van der Waals surface area contributed by atoms with Crippen LogP contribution in [0.5, 0.6) is 0 Å². The predicted octanol–water partition coefficient (Wildman–Crippen LogP) is 4.19. The van der Waals surface area contributed by atoms with E-state index in [1.54, 1.807) is 0 Å². The Hall–Kier alpha value is -0.530. The third kappa shape index (κ3) is 4.00. The summed E-state index contributed by atoms with van der Waals surface area (Å²) in [4.78, 5) is 0. The van der Waals surface area contributed by atoms with Gasteiger partial charge in [-0.2, -0.15) is 0 Å². The van der Waals surface area contributed by atoms with Crippen molar-refractivity contribution >= 4 is 12.4 Å². The summed E-state index contributed by atoms with van der Waals surface area (Å²) in [5.74, 6) is 0.743. The molecule has 1 aliphatic carbocycles. The van der Waals surface area contributed by atoms with E-state index in [1.165, 1.54) is 12.0 Å². The molecule has 18 heavy (non-hydrogen) atoms. The Morgan fingerprint density at radius 3 is 2.33 bits per heavy atom. The first-order chi connectivity index (χ1) is 7.89. The van der Waals surface area contributed by atoms with Crippen LogP contribution in [-0.4, -0.2) is 5.54 Å². The van der Waals surface area contributed by atoms with Crippen LogP contribution in [0.3, 0.4) is 0 Å². The van der Waals surface area contributed by atoms with E-state index in [1.807, 2.05) is 0 Å². The molecule has 0 radical (unpaired) electrons. The van der Waals surface area contributed by atoms with E-state index in [0.717, 1.165) is 25.2 Å². The highest BCUT2D eigenvalue weighted by Crippen LogP contribution is 2.44. The largest absolute Gasteiger partial charge is 0.325 e. The van der Waals surface area contributed by atoms with E-state index >= 15 is 0 Å². The second-order valence-electron chi connectivity index (χ2n) is 6.82. The molecule has 1 nitrogen and oxygen atoms in total. The molecule has 2 heteroatoms. The fourth-order valence-corrected chi connectivity index (χ4v) is 4.05. The van der Waals surface area contributed by atoms with Crippen LogP contribution < -0.4 is 5.73 Å². The van der Waals surface area contributed by atoms with Crippen molar-refractivity contribution in [3.8, 4) is 0 Å². The number of nitrogens with two attached hydrogens (primary N) is 1. The van der Waals surface area contributed by atoms with Gasteiger partial charge in [0, 0.05) is 5.54 Å². The Bertz CT molecular complexity index is 374. The van der Waals surface area contributed by atoms with E-state index in [4.69, 9.17) is 5.73 Å². The molecular weight excluding hydrogens is 242 g/mol. The van der Waals surface area contributed by atoms with Crippen molar-refractivity contribution in [3.63, 3.8) is 0 Å². The standard InChI is InChI=1S/C16H25N.ClH/c1-13-9-15(2,12-16(3,17)10-13)11-14-7-5-4-6-8-14;/h4-8,13H,9-12,17H2,1-3H3;1H. The van der Waals surface area contributed by atoms with Gasteiger partial charge < -0.3 is 5.73 Å². The zero-order valence-corrected chi connectivity index (χ0v) is 12.6. The van der Waals surface area contributed by atoms with Gasteiger partial charge in [0.05, 0.1) is 0 Å². The van der Waals surface area contributed by atoms with Gasteiger partial charge in [-0.25, -0.2) is 0 Å². The van der Waals surface area contributed by atoms with Crippen LogP contribution in [0.2, 0.25) is 0 Å². The maximum absolute atomic E-state index is 6.40. The third-order valence-electron chi connectivity index (χ3n) is 3.96. The van der Waals surface area contributed by atoms with Gasteiger partial charge in [-0.15, -0.1) is 12.4 Å². The number of hydrogen-bond donors (Lipinski definition) is 1. The van der Waals surface area contributed by atoms with Gasteiger partial charge in [0.1, 0.15) is 0 Å². The van der Waals surface area contributed by atoms with Crippen LogP contribution in [0.25, 0.3) is 0 Å². The highest BCUT2D eigenvalue weighted by Gasteiger charge is 2.39. The zero-order chi connectivity index (χ0) is 12.5. The Morgan fingerprint density at radius 1 is 1.17 bits per heavy atom. The molecule has 0 aliphatic heterocycles. The van der Waals surface area contributed by atoms with Crippen LogP contribution in [0.4, 0.5) is 0 Å². The maximum Gasteiger partial charge on any atom is 0.0133 e. The molecule has 0 saturated heterocycles. The molecule has 0 amide bonds. The summed E-state index contributed by atoms with van der Waals surface area (Å²) < 4.78 is 0. The lowest BCUT2D eigenvalue weighted by atomic mass is 9.62. The van der Waals surface area contributed by atoms with Crippen molar-refractivity contribution in [3.05, 3.63) is 35.9 Å². The molecule has 0 aromatic heterocycles. The van der Waals surface area contributed by atoms with Crippen molar-refractivity contribution in [2.75, 3.05) is 0 Å². The van der Waals surface area contributed by atoms with Crippen LogP contribution in [0, 0.1) is 11.3 Å². The van der Waals surface area contributed by atoms with Gasteiger partial charge in [-0.3, -0.25) is 0 Å². The molecule has 3 atom stereocenters. The average Bonchev–Trinajstić information content (AvgIpc) is 2.13. The van der Waals surface area contributed by atoms with Gasteiger partial charge in [0.15, 0.2) is 0 Å². The van der Waals surface area contributed by atoms with E-state index in [-0.39, 0.29) is 17.9 Å². The topological polar surface area (TPSA) is 26.0 Å². The summed E-state index contributed by atoms with van der Waals surface area (Å²) in [6.45, 7) is 6.96. The second-order valence-corrected chi connectivity index (χ2v) is 6.82. The lowest BCUT2D eigenvalue weighted by Gasteiger charge is -2.46. The van der Waals surface area contributed by atoms with Crippen LogP contribution in [0.15, 0.2) is 30.3 Å². The monoisotopic (exact) mass is 267 g/mol. The SMILES string of the molecule is CC1CC(C)(N)CC(C)(Cc2ccccc2)C1.Cl. The summed E-state index contributed by atoms with van der Waals surface area (Å²) in [6, 6.07) is 10.8. The molecule has 102 valence electrons. The molecule has 3 unspecified atom stereocenters. The molecule has 0 bridgehead atoms. The molecule has 1 aromatic rings. The van der Waals surface area contributed by atoms with Crippen LogP contribution in [0.1, 0.15) is 45.6 Å². The minimum absolute atomic E-state index is 0. The molecule has 1 fully saturated rings. The summed E-state index contributed by atoms with van der Waals surface area (Å²) in [5.41, 5.74) is 8.22. The van der Waals surface area contributed by atoms with Gasteiger partial charge >= 0.3 is 0 Å². The fraction of sp³-hybridized carbons (Fsp3) is 0.625. The van der Waals surface area contributed by atoms with E-state index < -0.39 is 0 Å². The number of hydrogen-bond acceptors (Lipinski definition) is 1. The van der Waals surface area contributed by atoms with Crippen LogP contribution >= 0.6 is 12.4 Å². The van der Waals surface area contributed by atoms with Crippen molar-refractivity contribution in [1.29, 1.82) is 0 Å². The highest BCUT2D eigenvalue weighted by molar-refractivity contribution is 5.85. The molecule has 2 rings (SSSR count). The molecule has 0 spiro atoms. The molecule has 1 aliphatic rings. The van der Waals surface area contributed by atoms with E-state index in [9.17, 15) is 0 Å². The van der Waals surface area contributed by atoms with Crippen LogP contribution in [-0.2, 0) is 6.42 Å². The van der Waals surface area contributed by atoms with Gasteiger partial charge in [0.2, 0.25) is 0 Å². The maximum atomic E-state index is 6.40. The molecule has 2 N–H and O–H groups in total. The van der Waals surface area contributed by atoms with Crippen molar-refractivity contribution in [2.45, 2.75) is 52.0 Å². The quantitative estimate of drug-likeness (QED) is 0.854. The molecular formula is C16H26ClN. The summed E-state index contributed by atoms with van der Waals surface area (Å²) in [5, 5.41) is 0. The first kappa shape index (κ1) is 15.5.